The molecular weight excluding hydrogens is 272 g/mol. The molecule has 5 heteroatoms. The van der Waals surface area contributed by atoms with Crippen LogP contribution in [0.5, 0.6) is 0 Å². The van der Waals surface area contributed by atoms with Gasteiger partial charge in [-0.2, -0.15) is 0 Å². The summed E-state index contributed by atoms with van der Waals surface area (Å²) in [7, 11) is 0. The Balaban J connectivity index is 1.98. The number of thioether (sulfide) groups is 1. The fraction of sp³-hybridized carbons (Fsp3) is 0.267. The number of amides is 1. The van der Waals surface area contributed by atoms with Crippen LogP contribution in [0.4, 0.5) is 0 Å². The second-order valence-corrected chi connectivity index (χ2v) is 5.62. The lowest BCUT2D eigenvalue weighted by molar-refractivity contribution is -0.122. The average molecular weight is 290 g/mol. The highest BCUT2D eigenvalue weighted by Gasteiger charge is 2.13. The van der Waals surface area contributed by atoms with Crippen molar-refractivity contribution in [2.75, 3.05) is 0 Å². The molecule has 0 bridgehead atoms. The maximum Gasteiger partial charge on any atom is 0.241 e. The summed E-state index contributed by atoms with van der Waals surface area (Å²) >= 11 is 1.74. The van der Waals surface area contributed by atoms with Crippen LogP contribution in [0.1, 0.15) is 29.7 Å². The van der Waals surface area contributed by atoms with E-state index in [1.807, 2.05) is 44.2 Å². The lowest BCUT2D eigenvalue weighted by Crippen LogP contribution is -2.33. The Kier molecular flexibility index (Phi) is 4.87. The SMILES string of the molecule is Cc1occc1SCc1ccc(C(C)C(=O)NN)cc1. The number of benzene rings is 1. The number of carbonyl (C=O) groups excluding carboxylic acids is 1. The van der Waals surface area contributed by atoms with E-state index in [1.54, 1.807) is 18.0 Å². The second-order valence-electron chi connectivity index (χ2n) is 4.60. The van der Waals surface area contributed by atoms with Gasteiger partial charge in [-0.05, 0) is 31.0 Å². The van der Waals surface area contributed by atoms with Gasteiger partial charge < -0.3 is 4.42 Å². The van der Waals surface area contributed by atoms with Gasteiger partial charge >= 0.3 is 0 Å². The molecule has 0 fully saturated rings. The average Bonchev–Trinajstić information content (AvgIpc) is 2.89. The molecule has 0 spiro atoms. The monoisotopic (exact) mass is 290 g/mol. The fourth-order valence-electron chi connectivity index (χ4n) is 1.86. The molecule has 1 aromatic carbocycles. The molecule has 0 aliphatic rings. The first-order valence-electron chi connectivity index (χ1n) is 6.38. The van der Waals surface area contributed by atoms with E-state index in [9.17, 15) is 4.79 Å². The summed E-state index contributed by atoms with van der Waals surface area (Å²) in [5.41, 5.74) is 4.34. The Bertz CT molecular complexity index is 578. The van der Waals surface area contributed by atoms with Crippen LogP contribution in [0.3, 0.4) is 0 Å². The molecule has 0 aliphatic heterocycles. The van der Waals surface area contributed by atoms with Gasteiger partial charge in [-0.25, -0.2) is 5.84 Å². The van der Waals surface area contributed by atoms with Crippen LogP contribution in [0.25, 0.3) is 0 Å². The van der Waals surface area contributed by atoms with Crippen LogP contribution >= 0.6 is 11.8 Å². The van der Waals surface area contributed by atoms with E-state index in [0.29, 0.717) is 0 Å². The van der Waals surface area contributed by atoms with Crippen LogP contribution in [-0.2, 0) is 10.5 Å². The van der Waals surface area contributed by atoms with Crippen LogP contribution in [-0.4, -0.2) is 5.91 Å². The van der Waals surface area contributed by atoms with Gasteiger partial charge in [-0.15, -0.1) is 11.8 Å². The van der Waals surface area contributed by atoms with Gasteiger partial charge in [-0.1, -0.05) is 24.3 Å². The van der Waals surface area contributed by atoms with Crippen molar-refractivity contribution >= 4 is 17.7 Å². The highest BCUT2D eigenvalue weighted by Crippen LogP contribution is 2.27. The number of carbonyl (C=O) groups is 1. The van der Waals surface area contributed by atoms with E-state index >= 15 is 0 Å². The molecule has 1 heterocycles. The van der Waals surface area contributed by atoms with Gasteiger partial charge in [0, 0.05) is 10.6 Å². The number of nitrogens with two attached hydrogens (primary N) is 1. The van der Waals surface area contributed by atoms with E-state index in [1.165, 1.54) is 5.56 Å². The molecular formula is C15H18N2O2S. The largest absolute Gasteiger partial charge is 0.468 e. The minimum atomic E-state index is -0.238. The summed E-state index contributed by atoms with van der Waals surface area (Å²) in [4.78, 5) is 12.6. The number of rotatable bonds is 5. The summed E-state index contributed by atoms with van der Waals surface area (Å²) < 4.78 is 5.27. The molecule has 1 unspecified atom stereocenters. The minimum Gasteiger partial charge on any atom is -0.468 e. The van der Waals surface area contributed by atoms with Crippen molar-refractivity contribution < 1.29 is 9.21 Å². The summed E-state index contributed by atoms with van der Waals surface area (Å²) in [6.45, 7) is 3.79. The molecule has 0 saturated carbocycles. The lowest BCUT2D eigenvalue weighted by Gasteiger charge is -2.10. The quantitative estimate of drug-likeness (QED) is 0.384. The maximum atomic E-state index is 11.5. The normalized spacial score (nSPS) is 12.2. The highest BCUT2D eigenvalue weighted by molar-refractivity contribution is 7.98. The van der Waals surface area contributed by atoms with Gasteiger partial charge in [0.05, 0.1) is 12.2 Å². The van der Waals surface area contributed by atoms with Crippen molar-refractivity contribution in [1.82, 2.24) is 5.43 Å². The Hall–Kier alpha value is -1.72. The zero-order valence-electron chi connectivity index (χ0n) is 11.6. The van der Waals surface area contributed by atoms with E-state index in [0.717, 1.165) is 22.0 Å². The smallest absolute Gasteiger partial charge is 0.241 e. The van der Waals surface area contributed by atoms with Gasteiger partial charge in [-0.3, -0.25) is 10.2 Å². The van der Waals surface area contributed by atoms with E-state index < -0.39 is 0 Å². The van der Waals surface area contributed by atoms with E-state index in [4.69, 9.17) is 10.3 Å². The number of aryl methyl sites for hydroxylation is 1. The molecule has 1 amide bonds. The van der Waals surface area contributed by atoms with Gasteiger partial charge in [0.25, 0.3) is 0 Å². The number of hydrogen-bond donors (Lipinski definition) is 2. The predicted molar refractivity (Wildman–Crippen MR) is 80.2 cm³/mol. The van der Waals surface area contributed by atoms with Crippen LogP contribution in [0.15, 0.2) is 45.9 Å². The van der Waals surface area contributed by atoms with Gasteiger partial charge in [0.2, 0.25) is 5.91 Å². The van der Waals surface area contributed by atoms with Crippen molar-refractivity contribution in [2.45, 2.75) is 30.4 Å². The zero-order valence-corrected chi connectivity index (χ0v) is 12.4. The molecule has 1 atom stereocenters. The third-order valence-electron chi connectivity index (χ3n) is 3.22. The number of furan rings is 1. The maximum absolute atomic E-state index is 11.5. The highest BCUT2D eigenvalue weighted by atomic mass is 32.2. The van der Waals surface area contributed by atoms with Gasteiger partial charge in [0.1, 0.15) is 5.76 Å². The second kappa shape index (κ2) is 6.63. The topological polar surface area (TPSA) is 68.3 Å². The van der Waals surface area contributed by atoms with Crippen LogP contribution in [0, 0.1) is 6.92 Å². The third-order valence-corrected chi connectivity index (χ3v) is 4.43. The predicted octanol–water partition coefficient (Wildman–Crippen LogP) is 2.97. The molecule has 0 aliphatic carbocycles. The zero-order chi connectivity index (χ0) is 14.5. The number of nitrogens with one attached hydrogen (secondary N) is 1. The Morgan fingerprint density at radius 2 is 2.05 bits per heavy atom. The lowest BCUT2D eigenvalue weighted by atomic mass is 9.99. The van der Waals surface area contributed by atoms with Gasteiger partial charge in [0.15, 0.2) is 0 Å². The van der Waals surface area contributed by atoms with Crippen molar-refractivity contribution in [1.29, 1.82) is 0 Å². The first kappa shape index (κ1) is 14.7. The summed E-state index contributed by atoms with van der Waals surface area (Å²) in [5, 5.41) is 0. The molecule has 2 rings (SSSR count). The molecule has 3 N–H and O–H groups in total. The first-order valence-corrected chi connectivity index (χ1v) is 7.36. The summed E-state index contributed by atoms with van der Waals surface area (Å²) in [6.07, 6.45) is 1.70. The summed E-state index contributed by atoms with van der Waals surface area (Å²) in [5.74, 6) is 6.54. The Morgan fingerprint density at radius 3 is 2.60 bits per heavy atom. The minimum absolute atomic E-state index is 0.179. The van der Waals surface area contributed by atoms with Crippen molar-refractivity contribution in [2.24, 2.45) is 5.84 Å². The van der Waals surface area contributed by atoms with Crippen molar-refractivity contribution in [3.63, 3.8) is 0 Å². The fourth-order valence-corrected chi connectivity index (χ4v) is 2.78. The first-order chi connectivity index (χ1) is 9.61. The molecule has 0 radical (unpaired) electrons. The molecule has 4 nitrogen and oxygen atoms in total. The molecule has 20 heavy (non-hydrogen) atoms. The number of hydrazine groups is 1. The van der Waals surface area contributed by atoms with Crippen molar-refractivity contribution in [3.05, 3.63) is 53.5 Å². The van der Waals surface area contributed by atoms with E-state index in [-0.39, 0.29) is 11.8 Å². The Labute approximate surface area is 122 Å². The Morgan fingerprint density at radius 1 is 1.35 bits per heavy atom. The van der Waals surface area contributed by atoms with Crippen LogP contribution < -0.4 is 11.3 Å². The molecule has 106 valence electrons. The summed E-state index contributed by atoms with van der Waals surface area (Å²) in [6, 6.07) is 9.99. The molecule has 2 aromatic rings. The van der Waals surface area contributed by atoms with Crippen LogP contribution in [0.2, 0.25) is 0 Å². The van der Waals surface area contributed by atoms with Crippen molar-refractivity contribution in [3.8, 4) is 0 Å². The molecule has 1 aromatic heterocycles. The third kappa shape index (κ3) is 3.43. The molecule has 0 saturated heterocycles. The standard InChI is InChI=1S/C15H18N2O2S/c1-10(15(18)17-16)13-5-3-12(4-6-13)9-20-14-7-8-19-11(14)2/h3-8,10H,9,16H2,1-2H3,(H,17,18). The number of hydrogen-bond acceptors (Lipinski definition) is 4. The van der Waals surface area contributed by atoms with E-state index in [2.05, 4.69) is 5.43 Å².